The van der Waals surface area contributed by atoms with Crippen molar-refractivity contribution >= 4 is 17.4 Å². The van der Waals surface area contributed by atoms with Gasteiger partial charge in [0.1, 0.15) is 11.8 Å². The number of hydrogen-bond acceptors (Lipinski definition) is 7. The van der Waals surface area contributed by atoms with Crippen LogP contribution in [0.25, 0.3) is 0 Å². The first kappa shape index (κ1) is 17.3. The molecule has 140 valence electrons. The first-order valence-corrected chi connectivity index (χ1v) is 8.41. The molecule has 27 heavy (non-hydrogen) atoms. The Hall–Kier alpha value is -3.14. The van der Waals surface area contributed by atoms with Crippen molar-refractivity contribution in [3.8, 4) is 6.01 Å². The van der Waals surface area contributed by atoms with Crippen molar-refractivity contribution < 1.29 is 14.1 Å². The lowest BCUT2D eigenvalue weighted by atomic mass is 10.1. The zero-order chi connectivity index (χ0) is 19.2. The Morgan fingerprint density at radius 2 is 2.11 bits per heavy atom. The van der Waals surface area contributed by atoms with Crippen molar-refractivity contribution in [1.29, 1.82) is 0 Å². The van der Waals surface area contributed by atoms with E-state index in [1.807, 2.05) is 12.1 Å². The average molecular weight is 392 g/mol. The van der Waals surface area contributed by atoms with Crippen molar-refractivity contribution in [2.75, 3.05) is 0 Å². The van der Waals surface area contributed by atoms with Crippen LogP contribution < -0.4 is 10.5 Å². The van der Waals surface area contributed by atoms with Crippen LogP contribution in [-0.4, -0.2) is 29.9 Å². The number of aromatic nitrogens is 4. The second-order valence-electron chi connectivity index (χ2n) is 6.54. The molecule has 0 N–H and O–H groups in total. The maximum atomic E-state index is 12.1. The second kappa shape index (κ2) is 6.23. The Morgan fingerprint density at radius 3 is 2.78 bits per heavy atom. The Kier molecular flexibility index (Phi) is 3.99. The maximum absolute atomic E-state index is 12.1. The van der Waals surface area contributed by atoms with E-state index in [9.17, 15) is 14.9 Å². The first-order valence-electron chi connectivity index (χ1n) is 8.03. The van der Waals surface area contributed by atoms with Gasteiger partial charge in [0.25, 0.3) is 0 Å². The van der Waals surface area contributed by atoms with E-state index >= 15 is 0 Å². The molecule has 10 nitrogen and oxygen atoms in total. The van der Waals surface area contributed by atoms with Gasteiger partial charge in [0.15, 0.2) is 0 Å². The summed E-state index contributed by atoms with van der Waals surface area (Å²) in [4.78, 5) is 26.1. The quantitative estimate of drug-likeness (QED) is 0.482. The predicted molar refractivity (Wildman–Crippen MR) is 92.9 cm³/mol. The van der Waals surface area contributed by atoms with Crippen LogP contribution in [0.5, 0.6) is 6.01 Å². The number of ether oxygens (including phenoxy) is 1. The first-order chi connectivity index (χ1) is 12.8. The van der Waals surface area contributed by atoms with Crippen LogP contribution in [0.15, 0.2) is 39.7 Å². The van der Waals surface area contributed by atoms with E-state index in [0.29, 0.717) is 18.0 Å². The molecule has 0 aliphatic carbocycles. The molecule has 1 aliphatic rings. The predicted octanol–water partition coefficient (Wildman–Crippen LogP) is 2.04. The summed E-state index contributed by atoms with van der Waals surface area (Å²) < 4.78 is 13.7. The molecule has 0 fully saturated rings. The van der Waals surface area contributed by atoms with E-state index in [2.05, 4.69) is 10.1 Å². The van der Waals surface area contributed by atoms with Crippen molar-refractivity contribution in [2.45, 2.75) is 32.0 Å². The summed E-state index contributed by atoms with van der Waals surface area (Å²) in [5.74, 6) is -0.604. The van der Waals surface area contributed by atoms with Crippen LogP contribution in [0.2, 0.25) is 5.02 Å². The van der Waals surface area contributed by atoms with Gasteiger partial charge in [-0.3, -0.25) is 4.57 Å². The normalized spacial score (nSPS) is 18.3. The number of rotatable bonds is 5. The van der Waals surface area contributed by atoms with E-state index in [1.54, 1.807) is 19.1 Å². The van der Waals surface area contributed by atoms with Crippen LogP contribution in [0.3, 0.4) is 0 Å². The highest BCUT2D eigenvalue weighted by Crippen LogP contribution is 2.31. The lowest BCUT2D eigenvalue weighted by molar-refractivity contribution is -0.389. The minimum absolute atomic E-state index is 0.118. The van der Waals surface area contributed by atoms with E-state index < -0.39 is 16.3 Å². The SMILES string of the molecule is CC1(Cn2nc(Cc3ccc(Cl)cc3)oc2=O)Cn2cc([N+](=O)[O-])nc2O1. The number of benzene rings is 1. The summed E-state index contributed by atoms with van der Waals surface area (Å²) in [5, 5.41) is 15.6. The zero-order valence-electron chi connectivity index (χ0n) is 14.2. The summed E-state index contributed by atoms with van der Waals surface area (Å²) in [5.41, 5.74) is 0.0824. The minimum atomic E-state index is -0.824. The largest absolute Gasteiger partial charge is 0.437 e. The summed E-state index contributed by atoms with van der Waals surface area (Å²) in [6.45, 7) is 2.19. The van der Waals surface area contributed by atoms with Crippen LogP contribution >= 0.6 is 11.6 Å². The molecule has 1 unspecified atom stereocenters. The third-order valence-electron chi connectivity index (χ3n) is 4.16. The molecule has 2 aromatic heterocycles. The number of halogens is 1. The fourth-order valence-corrected chi connectivity index (χ4v) is 3.10. The van der Waals surface area contributed by atoms with Gasteiger partial charge in [-0.1, -0.05) is 23.7 Å². The number of hydrogen-bond donors (Lipinski definition) is 0. The van der Waals surface area contributed by atoms with Crippen molar-refractivity contribution in [3.05, 3.63) is 67.6 Å². The third kappa shape index (κ3) is 3.43. The molecule has 0 amide bonds. The number of fused-ring (bicyclic) bond motifs is 1. The van der Waals surface area contributed by atoms with Crippen LogP contribution in [0, 0.1) is 10.1 Å². The van der Waals surface area contributed by atoms with Crippen LogP contribution in [0.1, 0.15) is 18.4 Å². The summed E-state index contributed by atoms with van der Waals surface area (Å²) >= 11 is 5.86. The van der Waals surface area contributed by atoms with E-state index in [0.717, 1.165) is 5.56 Å². The Balaban J connectivity index is 1.49. The van der Waals surface area contributed by atoms with E-state index in [-0.39, 0.29) is 24.3 Å². The summed E-state index contributed by atoms with van der Waals surface area (Å²) in [6.07, 6.45) is 1.66. The summed E-state index contributed by atoms with van der Waals surface area (Å²) in [6, 6.07) is 7.30. The lowest BCUT2D eigenvalue weighted by Gasteiger charge is -2.20. The topological polar surface area (TPSA) is 118 Å². The van der Waals surface area contributed by atoms with E-state index in [4.69, 9.17) is 20.8 Å². The standard InChI is InChI=1S/C16H14ClN5O5/c1-16(8-20-7-12(22(24)25)18-14(20)27-16)9-21-15(23)26-13(19-21)6-10-2-4-11(17)5-3-10/h2-5,7H,6,8-9H2,1H3. The van der Waals surface area contributed by atoms with Crippen molar-refractivity contribution in [1.82, 2.24) is 19.3 Å². The molecule has 0 radical (unpaired) electrons. The fourth-order valence-electron chi connectivity index (χ4n) is 2.98. The van der Waals surface area contributed by atoms with Gasteiger partial charge in [0.05, 0.1) is 19.5 Å². The second-order valence-corrected chi connectivity index (χ2v) is 6.98. The van der Waals surface area contributed by atoms with Crippen LogP contribution in [-0.2, 0) is 19.5 Å². The third-order valence-corrected chi connectivity index (χ3v) is 4.41. The lowest BCUT2D eigenvalue weighted by Crippen LogP contribution is -2.39. The molecule has 3 aromatic rings. The molecular weight excluding hydrogens is 378 g/mol. The van der Waals surface area contributed by atoms with Crippen molar-refractivity contribution in [3.63, 3.8) is 0 Å². The Bertz CT molecular complexity index is 1040. The van der Waals surface area contributed by atoms with Crippen molar-refractivity contribution in [2.24, 2.45) is 0 Å². The number of nitro groups is 1. The molecule has 0 spiro atoms. The molecule has 0 saturated heterocycles. The number of imidazole rings is 1. The molecule has 3 heterocycles. The average Bonchev–Trinajstić information content (AvgIpc) is 3.21. The minimum Gasteiger partial charge on any atom is -0.436 e. The Labute approximate surface area is 157 Å². The molecule has 0 saturated carbocycles. The fraction of sp³-hybridized carbons (Fsp3) is 0.312. The smallest absolute Gasteiger partial charge is 0.436 e. The molecule has 1 atom stereocenters. The van der Waals surface area contributed by atoms with Gasteiger partial charge >= 0.3 is 17.6 Å². The van der Waals surface area contributed by atoms with Gasteiger partial charge in [-0.05, 0) is 29.5 Å². The van der Waals surface area contributed by atoms with E-state index in [1.165, 1.54) is 15.4 Å². The molecule has 0 bridgehead atoms. The molecule has 11 heteroatoms. The summed E-state index contributed by atoms with van der Waals surface area (Å²) in [7, 11) is 0. The molecular formula is C16H14ClN5O5. The van der Waals surface area contributed by atoms with Crippen LogP contribution in [0.4, 0.5) is 5.82 Å². The zero-order valence-corrected chi connectivity index (χ0v) is 14.9. The highest BCUT2D eigenvalue weighted by Gasteiger charge is 2.41. The Morgan fingerprint density at radius 1 is 1.37 bits per heavy atom. The molecule has 1 aromatic carbocycles. The van der Waals surface area contributed by atoms with Gasteiger partial charge < -0.3 is 19.3 Å². The van der Waals surface area contributed by atoms with Gasteiger partial charge in [-0.25, -0.2) is 4.79 Å². The monoisotopic (exact) mass is 391 g/mol. The van der Waals surface area contributed by atoms with Gasteiger partial charge in [0.2, 0.25) is 5.89 Å². The number of nitrogens with zero attached hydrogens (tertiary/aromatic N) is 5. The van der Waals surface area contributed by atoms with Gasteiger partial charge in [-0.15, -0.1) is 5.10 Å². The highest BCUT2D eigenvalue weighted by molar-refractivity contribution is 6.30. The van der Waals surface area contributed by atoms with Gasteiger partial charge in [-0.2, -0.15) is 4.68 Å². The highest BCUT2D eigenvalue weighted by atomic mass is 35.5. The maximum Gasteiger partial charge on any atom is 0.437 e. The molecule has 1 aliphatic heterocycles. The van der Waals surface area contributed by atoms with Gasteiger partial charge in [0, 0.05) is 10.0 Å². The molecule has 4 rings (SSSR count).